The lowest BCUT2D eigenvalue weighted by Gasteiger charge is -2.37. The Labute approximate surface area is 127 Å². The van der Waals surface area contributed by atoms with Crippen LogP contribution >= 0.6 is 0 Å². The highest BCUT2D eigenvalue weighted by atomic mass is 16.2. The zero-order valence-corrected chi connectivity index (χ0v) is 13.9. The van der Waals surface area contributed by atoms with Gasteiger partial charge in [0.1, 0.15) is 0 Å². The maximum atomic E-state index is 12.6. The van der Waals surface area contributed by atoms with Gasteiger partial charge in [-0.1, -0.05) is 26.0 Å². The van der Waals surface area contributed by atoms with E-state index in [9.17, 15) is 9.59 Å². The van der Waals surface area contributed by atoms with Crippen molar-refractivity contribution in [2.24, 2.45) is 16.7 Å². The second-order valence-electron chi connectivity index (χ2n) is 8.20. The van der Waals surface area contributed by atoms with Crippen LogP contribution in [0.2, 0.25) is 0 Å². The first-order chi connectivity index (χ1) is 9.49. The Morgan fingerprint density at radius 1 is 1.33 bits per heavy atom. The van der Waals surface area contributed by atoms with Crippen molar-refractivity contribution in [1.29, 1.82) is 0 Å². The molecule has 0 saturated heterocycles. The molecule has 2 aliphatic rings. The Morgan fingerprint density at radius 3 is 2.43 bits per heavy atom. The van der Waals surface area contributed by atoms with Crippen molar-refractivity contribution in [3.05, 3.63) is 12.2 Å². The molecule has 0 unspecified atom stereocenters. The third-order valence-electron chi connectivity index (χ3n) is 5.25. The van der Waals surface area contributed by atoms with Crippen molar-refractivity contribution in [3.8, 4) is 0 Å². The highest BCUT2D eigenvalue weighted by molar-refractivity contribution is 5.91. The average Bonchev–Trinajstić information content (AvgIpc) is 2.85. The van der Waals surface area contributed by atoms with Gasteiger partial charge in [0.05, 0.1) is 12.0 Å². The summed E-state index contributed by atoms with van der Waals surface area (Å²) in [4.78, 5) is 24.5. The van der Waals surface area contributed by atoms with Crippen LogP contribution in [0.4, 0.5) is 0 Å². The van der Waals surface area contributed by atoms with Crippen molar-refractivity contribution in [1.82, 2.24) is 10.6 Å². The number of fused-ring (bicyclic) bond motifs is 2. The third kappa shape index (κ3) is 2.72. The van der Waals surface area contributed by atoms with Crippen LogP contribution in [0, 0.1) is 16.7 Å². The highest BCUT2D eigenvalue weighted by Gasteiger charge is 2.60. The lowest BCUT2D eigenvalue weighted by Crippen LogP contribution is -2.49. The smallest absolute Gasteiger partial charge is 0.239 e. The summed E-state index contributed by atoms with van der Waals surface area (Å²) in [5.41, 5.74) is 0.344. The monoisotopic (exact) mass is 292 g/mol. The van der Waals surface area contributed by atoms with Gasteiger partial charge in [-0.3, -0.25) is 9.59 Å². The first-order valence-corrected chi connectivity index (χ1v) is 7.78. The first kappa shape index (κ1) is 16.1. The van der Waals surface area contributed by atoms with Gasteiger partial charge in [-0.05, 0) is 51.4 Å². The molecule has 4 heteroatoms. The van der Waals surface area contributed by atoms with Crippen LogP contribution in [0.3, 0.4) is 0 Å². The van der Waals surface area contributed by atoms with E-state index in [1.165, 1.54) is 0 Å². The van der Waals surface area contributed by atoms with Gasteiger partial charge in [0.25, 0.3) is 0 Å². The fourth-order valence-corrected chi connectivity index (χ4v) is 3.93. The number of nitrogens with one attached hydrogen (secondary N) is 2. The van der Waals surface area contributed by atoms with Crippen LogP contribution < -0.4 is 10.6 Å². The van der Waals surface area contributed by atoms with Crippen molar-refractivity contribution in [2.75, 3.05) is 6.54 Å². The van der Waals surface area contributed by atoms with E-state index in [1.807, 2.05) is 20.8 Å². The summed E-state index contributed by atoms with van der Waals surface area (Å²) in [5, 5.41) is 5.68. The molecule has 2 aliphatic carbocycles. The second-order valence-corrected chi connectivity index (χ2v) is 8.20. The maximum Gasteiger partial charge on any atom is 0.239 e. The molecule has 118 valence electrons. The quantitative estimate of drug-likeness (QED) is 0.785. The fourth-order valence-electron chi connectivity index (χ4n) is 3.93. The lowest BCUT2D eigenvalue weighted by atomic mass is 9.68. The molecule has 0 radical (unpaired) electrons. The van der Waals surface area contributed by atoms with Crippen LogP contribution in [0.1, 0.15) is 53.9 Å². The van der Waals surface area contributed by atoms with Gasteiger partial charge in [-0.15, -0.1) is 0 Å². The summed E-state index contributed by atoms with van der Waals surface area (Å²) in [5.74, 6) is 0.369. The van der Waals surface area contributed by atoms with E-state index in [4.69, 9.17) is 0 Å². The van der Waals surface area contributed by atoms with E-state index in [1.54, 1.807) is 0 Å². The van der Waals surface area contributed by atoms with Gasteiger partial charge in [-0.2, -0.15) is 0 Å². The molecule has 2 amide bonds. The zero-order chi connectivity index (χ0) is 16.1. The summed E-state index contributed by atoms with van der Waals surface area (Å²) < 4.78 is 0. The molecule has 2 rings (SSSR count). The maximum absolute atomic E-state index is 12.6. The van der Waals surface area contributed by atoms with Crippen molar-refractivity contribution in [3.63, 3.8) is 0 Å². The normalized spacial score (nSPS) is 30.3. The Morgan fingerprint density at radius 2 is 1.95 bits per heavy atom. The van der Waals surface area contributed by atoms with Gasteiger partial charge < -0.3 is 10.6 Å². The zero-order valence-electron chi connectivity index (χ0n) is 13.9. The van der Waals surface area contributed by atoms with Crippen molar-refractivity contribution >= 4 is 11.8 Å². The molecule has 2 atom stereocenters. The molecule has 2 bridgehead atoms. The van der Waals surface area contributed by atoms with Crippen LogP contribution in [0.15, 0.2) is 12.2 Å². The number of amides is 2. The molecule has 21 heavy (non-hydrogen) atoms. The molecule has 0 aliphatic heterocycles. The van der Waals surface area contributed by atoms with E-state index >= 15 is 0 Å². The standard InChI is InChI=1S/C17H28N2O2/c1-11-16(5,6)12-7-8-17(11,9-12)14(21)18-10-13(20)19-15(2,3)4/h12H,1,7-10H2,2-6H3,(H,18,21)(H,19,20)/t12-,17-/m1/s1. The second kappa shape index (κ2) is 4.85. The predicted octanol–water partition coefficient (Wildman–Crippen LogP) is 2.40. The van der Waals surface area contributed by atoms with Gasteiger partial charge >= 0.3 is 0 Å². The minimum atomic E-state index is -0.448. The van der Waals surface area contributed by atoms with Crippen LogP contribution in [-0.4, -0.2) is 23.9 Å². The molecule has 2 N–H and O–H groups in total. The number of hydrogen-bond acceptors (Lipinski definition) is 2. The Hall–Kier alpha value is -1.32. The Balaban J connectivity index is 1.99. The number of carbonyl (C=O) groups is 2. The van der Waals surface area contributed by atoms with Gasteiger partial charge in [0.15, 0.2) is 0 Å². The third-order valence-corrected chi connectivity index (χ3v) is 5.25. The molecule has 0 spiro atoms. The Kier molecular flexibility index (Phi) is 3.71. The van der Waals surface area contributed by atoms with Gasteiger partial charge in [-0.25, -0.2) is 0 Å². The van der Waals surface area contributed by atoms with Crippen molar-refractivity contribution < 1.29 is 9.59 Å². The van der Waals surface area contributed by atoms with Crippen molar-refractivity contribution in [2.45, 2.75) is 59.4 Å². The van der Waals surface area contributed by atoms with E-state index < -0.39 is 5.41 Å². The molecular formula is C17H28N2O2. The number of rotatable bonds is 3. The summed E-state index contributed by atoms with van der Waals surface area (Å²) in [6.07, 6.45) is 2.83. The molecule has 0 aromatic heterocycles. The predicted molar refractivity (Wildman–Crippen MR) is 83.6 cm³/mol. The largest absolute Gasteiger partial charge is 0.350 e. The number of hydrogen-bond donors (Lipinski definition) is 2. The van der Waals surface area contributed by atoms with Crippen LogP contribution in [-0.2, 0) is 9.59 Å². The van der Waals surface area contributed by atoms with Crippen LogP contribution in [0.25, 0.3) is 0 Å². The fraction of sp³-hybridized carbons (Fsp3) is 0.765. The van der Waals surface area contributed by atoms with E-state index in [0.717, 1.165) is 24.8 Å². The Bertz CT molecular complexity index is 488. The molecule has 4 nitrogen and oxygen atoms in total. The van der Waals surface area contributed by atoms with E-state index in [0.29, 0.717) is 5.92 Å². The van der Waals surface area contributed by atoms with Gasteiger partial charge in [0.2, 0.25) is 11.8 Å². The molecule has 0 aromatic carbocycles. The molecule has 0 heterocycles. The average molecular weight is 292 g/mol. The summed E-state index contributed by atoms with van der Waals surface area (Å²) in [7, 11) is 0. The molecule has 0 aromatic rings. The minimum absolute atomic E-state index is 0.0235. The van der Waals surface area contributed by atoms with E-state index in [-0.39, 0.29) is 29.3 Å². The SMILES string of the molecule is C=C1C(C)(C)[C@@H]2CC[C@@]1(C(=O)NCC(=O)NC(C)(C)C)C2. The first-order valence-electron chi connectivity index (χ1n) is 7.78. The number of carbonyl (C=O) groups excluding carboxylic acids is 2. The molecule has 2 fully saturated rings. The minimum Gasteiger partial charge on any atom is -0.350 e. The summed E-state index contributed by atoms with van der Waals surface area (Å²) in [6.45, 7) is 14.4. The van der Waals surface area contributed by atoms with Gasteiger partial charge in [0, 0.05) is 5.54 Å². The lowest BCUT2D eigenvalue weighted by molar-refractivity contribution is -0.131. The topological polar surface area (TPSA) is 58.2 Å². The molecule has 2 saturated carbocycles. The highest BCUT2D eigenvalue weighted by Crippen LogP contribution is 2.65. The van der Waals surface area contributed by atoms with Crippen LogP contribution in [0.5, 0.6) is 0 Å². The summed E-state index contributed by atoms with van der Waals surface area (Å²) in [6, 6.07) is 0. The van der Waals surface area contributed by atoms with E-state index in [2.05, 4.69) is 31.1 Å². The molecular weight excluding hydrogens is 264 g/mol. The summed E-state index contributed by atoms with van der Waals surface area (Å²) >= 11 is 0.